The Morgan fingerprint density at radius 1 is 1.39 bits per heavy atom. The zero-order valence-electron chi connectivity index (χ0n) is 10.9. The largest absolute Gasteiger partial charge is 0.324 e. The van der Waals surface area contributed by atoms with E-state index in [1.165, 1.54) is 5.56 Å². The van der Waals surface area contributed by atoms with Crippen LogP contribution in [0.1, 0.15) is 28.4 Å². The molecule has 0 spiro atoms. The van der Waals surface area contributed by atoms with Gasteiger partial charge in [-0.1, -0.05) is 41.4 Å². The molecule has 3 nitrogen and oxygen atoms in total. The Bertz CT molecular complexity index is 560. The molecule has 1 heterocycles. The molecule has 0 saturated carbocycles. The summed E-state index contributed by atoms with van der Waals surface area (Å²) in [6.07, 6.45) is 0.710. The van der Waals surface area contributed by atoms with Crippen LogP contribution in [0.15, 0.2) is 24.3 Å². The predicted molar refractivity (Wildman–Crippen MR) is 74.8 cm³/mol. The molecule has 0 saturated heterocycles. The van der Waals surface area contributed by atoms with Gasteiger partial charge in [-0.15, -0.1) is 0 Å². The second-order valence-corrected chi connectivity index (χ2v) is 5.06. The molecular formula is C14H18ClN3. The number of aromatic nitrogens is 2. The highest BCUT2D eigenvalue weighted by molar-refractivity contribution is 6.30. The Morgan fingerprint density at radius 3 is 2.67 bits per heavy atom. The molecule has 4 heteroatoms. The zero-order valence-corrected chi connectivity index (χ0v) is 11.7. The lowest BCUT2D eigenvalue weighted by Gasteiger charge is -2.12. The fourth-order valence-electron chi connectivity index (χ4n) is 2.14. The van der Waals surface area contributed by atoms with Gasteiger partial charge in [0.25, 0.3) is 0 Å². The fraction of sp³-hybridized carbons (Fsp3) is 0.357. The fourth-order valence-corrected chi connectivity index (χ4v) is 2.40. The molecule has 2 rings (SSSR count). The van der Waals surface area contributed by atoms with Crippen molar-refractivity contribution in [2.24, 2.45) is 12.8 Å². The number of aryl methyl sites for hydroxylation is 3. The minimum Gasteiger partial charge on any atom is -0.324 e. The maximum Gasteiger partial charge on any atom is 0.130 e. The molecule has 18 heavy (non-hydrogen) atoms. The van der Waals surface area contributed by atoms with E-state index in [2.05, 4.69) is 30.2 Å². The lowest BCUT2D eigenvalue weighted by molar-refractivity contribution is 0.717. The molecule has 1 aromatic carbocycles. The van der Waals surface area contributed by atoms with Gasteiger partial charge in [0.15, 0.2) is 0 Å². The third-order valence-electron chi connectivity index (χ3n) is 3.16. The highest BCUT2D eigenvalue weighted by atomic mass is 35.5. The van der Waals surface area contributed by atoms with Crippen LogP contribution in [-0.4, -0.2) is 9.78 Å². The number of nitrogens with two attached hydrogens (primary N) is 1. The number of hydrogen-bond donors (Lipinski definition) is 1. The topological polar surface area (TPSA) is 43.8 Å². The molecule has 1 atom stereocenters. The Labute approximate surface area is 113 Å². The highest BCUT2D eigenvalue weighted by Crippen LogP contribution is 2.24. The van der Waals surface area contributed by atoms with E-state index in [0.29, 0.717) is 11.6 Å². The number of nitrogens with zero attached hydrogens (tertiary/aromatic N) is 2. The first-order chi connectivity index (χ1) is 8.49. The average Bonchev–Trinajstić information content (AvgIpc) is 2.56. The third-order valence-corrected chi connectivity index (χ3v) is 3.64. The Balaban J connectivity index is 2.24. The summed E-state index contributed by atoms with van der Waals surface area (Å²) in [6, 6.07) is 8.22. The lowest BCUT2D eigenvalue weighted by atomic mass is 9.99. The quantitative estimate of drug-likeness (QED) is 0.925. The normalized spacial score (nSPS) is 12.7. The van der Waals surface area contributed by atoms with Gasteiger partial charge in [-0.2, -0.15) is 5.10 Å². The van der Waals surface area contributed by atoms with Crippen molar-refractivity contribution in [1.29, 1.82) is 0 Å². The number of rotatable bonds is 3. The molecule has 0 aliphatic heterocycles. The van der Waals surface area contributed by atoms with Crippen LogP contribution in [0.2, 0.25) is 5.15 Å². The summed E-state index contributed by atoms with van der Waals surface area (Å²) in [5.74, 6) is 0. The molecule has 0 fully saturated rings. The Hall–Kier alpha value is -1.32. The van der Waals surface area contributed by atoms with Crippen LogP contribution in [0.3, 0.4) is 0 Å². The highest BCUT2D eigenvalue weighted by Gasteiger charge is 2.15. The monoisotopic (exact) mass is 263 g/mol. The van der Waals surface area contributed by atoms with E-state index >= 15 is 0 Å². The summed E-state index contributed by atoms with van der Waals surface area (Å²) in [6.45, 7) is 4.03. The molecule has 2 aromatic rings. The van der Waals surface area contributed by atoms with Crippen LogP contribution in [0.25, 0.3) is 0 Å². The summed E-state index contributed by atoms with van der Waals surface area (Å²) in [5.41, 5.74) is 10.6. The van der Waals surface area contributed by atoms with Crippen molar-refractivity contribution in [2.45, 2.75) is 26.3 Å². The molecule has 0 amide bonds. The first kappa shape index (κ1) is 13.1. The van der Waals surface area contributed by atoms with Crippen molar-refractivity contribution in [1.82, 2.24) is 9.78 Å². The summed E-state index contributed by atoms with van der Waals surface area (Å²) in [5, 5.41) is 4.98. The Morgan fingerprint density at radius 2 is 2.11 bits per heavy atom. The molecule has 1 unspecified atom stereocenters. The van der Waals surface area contributed by atoms with Gasteiger partial charge >= 0.3 is 0 Å². The number of halogens is 1. The van der Waals surface area contributed by atoms with E-state index in [1.54, 1.807) is 4.68 Å². The van der Waals surface area contributed by atoms with Gasteiger partial charge in [-0.3, -0.25) is 4.68 Å². The van der Waals surface area contributed by atoms with E-state index in [-0.39, 0.29) is 6.04 Å². The van der Waals surface area contributed by atoms with Crippen molar-refractivity contribution in [2.75, 3.05) is 0 Å². The van der Waals surface area contributed by atoms with E-state index in [9.17, 15) is 0 Å². The van der Waals surface area contributed by atoms with Crippen molar-refractivity contribution < 1.29 is 0 Å². The van der Waals surface area contributed by atoms with Crippen LogP contribution < -0.4 is 5.73 Å². The standard InChI is InChI=1S/C14H18ClN3/c1-9-5-4-6-11(7-9)13(16)8-12-10(2)17-18(3)14(12)15/h4-7,13H,8,16H2,1-3H3. The van der Waals surface area contributed by atoms with Gasteiger partial charge in [0.2, 0.25) is 0 Å². The van der Waals surface area contributed by atoms with Crippen LogP contribution in [0.4, 0.5) is 0 Å². The van der Waals surface area contributed by atoms with Crippen LogP contribution in [0.5, 0.6) is 0 Å². The Kier molecular flexibility index (Phi) is 3.73. The van der Waals surface area contributed by atoms with Crippen molar-refractivity contribution >= 4 is 11.6 Å². The van der Waals surface area contributed by atoms with E-state index < -0.39 is 0 Å². The molecule has 1 aromatic heterocycles. The second kappa shape index (κ2) is 5.12. The van der Waals surface area contributed by atoms with Crippen molar-refractivity contribution in [3.63, 3.8) is 0 Å². The first-order valence-corrected chi connectivity index (χ1v) is 6.37. The van der Waals surface area contributed by atoms with Crippen LogP contribution >= 0.6 is 11.6 Å². The summed E-state index contributed by atoms with van der Waals surface area (Å²) in [4.78, 5) is 0. The minimum absolute atomic E-state index is 0.0506. The average molecular weight is 264 g/mol. The van der Waals surface area contributed by atoms with E-state index in [4.69, 9.17) is 17.3 Å². The molecule has 96 valence electrons. The van der Waals surface area contributed by atoms with Crippen molar-refractivity contribution in [3.8, 4) is 0 Å². The summed E-state index contributed by atoms with van der Waals surface area (Å²) >= 11 is 6.22. The molecule has 2 N–H and O–H groups in total. The van der Waals surface area contributed by atoms with Gasteiger partial charge in [0, 0.05) is 18.7 Å². The molecule has 0 aliphatic rings. The number of benzene rings is 1. The van der Waals surface area contributed by atoms with Gasteiger partial charge < -0.3 is 5.73 Å². The first-order valence-electron chi connectivity index (χ1n) is 5.99. The lowest BCUT2D eigenvalue weighted by Crippen LogP contribution is -2.14. The second-order valence-electron chi connectivity index (χ2n) is 4.70. The smallest absolute Gasteiger partial charge is 0.130 e. The van der Waals surface area contributed by atoms with Crippen LogP contribution in [0, 0.1) is 13.8 Å². The molecular weight excluding hydrogens is 246 g/mol. The third kappa shape index (κ3) is 2.57. The minimum atomic E-state index is -0.0506. The van der Waals surface area contributed by atoms with E-state index in [0.717, 1.165) is 16.8 Å². The maximum absolute atomic E-state index is 6.25. The molecule has 0 aliphatic carbocycles. The summed E-state index contributed by atoms with van der Waals surface area (Å²) < 4.78 is 1.69. The summed E-state index contributed by atoms with van der Waals surface area (Å²) in [7, 11) is 1.84. The van der Waals surface area contributed by atoms with Gasteiger partial charge in [0.1, 0.15) is 5.15 Å². The molecule has 0 bridgehead atoms. The van der Waals surface area contributed by atoms with E-state index in [1.807, 2.05) is 20.0 Å². The van der Waals surface area contributed by atoms with Gasteiger partial charge in [-0.25, -0.2) is 0 Å². The van der Waals surface area contributed by atoms with Gasteiger partial charge in [0.05, 0.1) is 5.69 Å². The maximum atomic E-state index is 6.25. The number of hydrogen-bond acceptors (Lipinski definition) is 2. The predicted octanol–water partition coefficient (Wildman–Crippen LogP) is 2.93. The molecule has 0 radical (unpaired) electrons. The van der Waals surface area contributed by atoms with Gasteiger partial charge in [-0.05, 0) is 25.8 Å². The zero-order chi connectivity index (χ0) is 13.3. The SMILES string of the molecule is Cc1cccc(C(N)Cc2c(C)nn(C)c2Cl)c1. The van der Waals surface area contributed by atoms with Crippen LogP contribution in [-0.2, 0) is 13.5 Å². The van der Waals surface area contributed by atoms with Crippen molar-refractivity contribution in [3.05, 3.63) is 51.8 Å².